The molecule has 2 aromatic carbocycles. The van der Waals surface area contributed by atoms with Crippen LogP contribution < -0.4 is 10.7 Å². The molecule has 2 aliphatic rings. The molecule has 1 atom stereocenters. The molecule has 2 saturated heterocycles. The molecule has 8 nitrogen and oxygen atoms in total. The molecule has 8 heteroatoms. The highest BCUT2D eigenvalue weighted by atomic mass is 16.2. The van der Waals surface area contributed by atoms with Crippen LogP contribution in [0.15, 0.2) is 54.6 Å². The van der Waals surface area contributed by atoms with Crippen molar-refractivity contribution in [3.8, 4) is 0 Å². The third-order valence-electron chi connectivity index (χ3n) is 6.74. The summed E-state index contributed by atoms with van der Waals surface area (Å²) < 4.78 is 0. The highest BCUT2D eigenvalue weighted by Crippen LogP contribution is 2.22. The summed E-state index contributed by atoms with van der Waals surface area (Å²) in [5, 5.41) is 3.58. The van der Waals surface area contributed by atoms with Gasteiger partial charge >= 0.3 is 6.03 Å². The van der Waals surface area contributed by atoms with Crippen molar-refractivity contribution < 1.29 is 14.4 Å². The molecular formula is C26H33N5O3. The maximum absolute atomic E-state index is 12.9. The number of urea groups is 1. The monoisotopic (exact) mass is 463 g/mol. The van der Waals surface area contributed by atoms with Gasteiger partial charge in [-0.05, 0) is 43.4 Å². The summed E-state index contributed by atoms with van der Waals surface area (Å²) in [6.45, 7) is 8.12. The number of piperazine rings is 1. The van der Waals surface area contributed by atoms with Gasteiger partial charge in [0.15, 0.2) is 0 Å². The summed E-state index contributed by atoms with van der Waals surface area (Å²) in [6.07, 6.45) is 1.11. The Hall–Kier alpha value is -3.23. The van der Waals surface area contributed by atoms with Crippen molar-refractivity contribution in [2.45, 2.75) is 38.8 Å². The number of hydrazine groups is 1. The Morgan fingerprint density at radius 2 is 1.62 bits per heavy atom. The van der Waals surface area contributed by atoms with Crippen molar-refractivity contribution in [2.75, 3.05) is 32.7 Å². The van der Waals surface area contributed by atoms with E-state index in [0.29, 0.717) is 12.8 Å². The quantitative estimate of drug-likeness (QED) is 0.586. The average molecular weight is 464 g/mol. The highest BCUT2D eigenvalue weighted by Gasteiger charge is 2.48. The summed E-state index contributed by atoms with van der Waals surface area (Å²) in [7, 11) is 0. The van der Waals surface area contributed by atoms with Crippen LogP contribution in [0.5, 0.6) is 0 Å². The summed E-state index contributed by atoms with van der Waals surface area (Å²) in [6, 6.07) is 17.6. The zero-order valence-electron chi connectivity index (χ0n) is 19.9. The molecule has 2 heterocycles. The van der Waals surface area contributed by atoms with Crippen LogP contribution in [0.2, 0.25) is 0 Å². The fourth-order valence-corrected chi connectivity index (χ4v) is 4.49. The molecule has 2 fully saturated rings. The number of amides is 4. The zero-order valence-corrected chi connectivity index (χ0v) is 19.9. The van der Waals surface area contributed by atoms with E-state index in [1.54, 1.807) is 6.92 Å². The Bertz CT molecular complexity index is 1040. The number of carbonyl (C=O) groups excluding carboxylic acids is 3. The number of aryl methyl sites for hydroxylation is 2. The number of hydrogen-bond donors (Lipinski definition) is 2. The van der Waals surface area contributed by atoms with Gasteiger partial charge in [-0.1, -0.05) is 54.6 Å². The van der Waals surface area contributed by atoms with Crippen LogP contribution in [0.3, 0.4) is 0 Å². The van der Waals surface area contributed by atoms with Gasteiger partial charge in [-0.25, -0.2) is 4.79 Å². The van der Waals surface area contributed by atoms with Crippen LogP contribution in [0, 0.1) is 6.92 Å². The number of nitrogens with zero attached hydrogens (tertiary/aromatic N) is 3. The second-order valence-corrected chi connectivity index (χ2v) is 9.40. The molecule has 0 aliphatic carbocycles. The first kappa shape index (κ1) is 23.9. The average Bonchev–Trinajstić information content (AvgIpc) is 3.04. The molecule has 2 aliphatic heterocycles. The van der Waals surface area contributed by atoms with Crippen LogP contribution in [0.1, 0.15) is 30.0 Å². The van der Waals surface area contributed by atoms with E-state index in [2.05, 4.69) is 45.7 Å². The lowest BCUT2D eigenvalue weighted by atomic mass is 9.93. The van der Waals surface area contributed by atoms with Crippen LogP contribution in [-0.2, 0) is 22.6 Å². The lowest BCUT2D eigenvalue weighted by Crippen LogP contribution is -2.53. The normalized spacial score (nSPS) is 21.5. The first-order valence-corrected chi connectivity index (χ1v) is 11.8. The van der Waals surface area contributed by atoms with Gasteiger partial charge in [0.2, 0.25) is 0 Å². The minimum absolute atomic E-state index is 0.149. The van der Waals surface area contributed by atoms with Crippen molar-refractivity contribution in [3.05, 3.63) is 71.3 Å². The van der Waals surface area contributed by atoms with E-state index < -0.39 is 17.5 Å². The van der Waals surface area contributed by atoms with E-state index in [9.17, 15) is 14.4 Å². The first-order chi connectivity index (χ1) is 16.3. The SMILES string of the molecule is Cc1ccccc1CN1CCN(CC(=O)NN2C(=O)N[C@](C)(CCc3ccccc3)C2=O)CC1. The van der Waals surface area contributed by atoms with Crippen molar-refractivity contribution >= 4 is 17.8 Å². The second kappa shape index (κ2) is 10.4. The van der Waals surface area contributed by atoms with E-state index in [1.165, 1.54) is 11.1 Å². The molecule has 180 valence electrons. The van der Waals surface area contributed by atoms with Gasteiger partial charge in [0, 0.05) is 32.7 Å². The topological polar surface area (TPSA) is 85.0 Å². The number of nitrogens with one attached hydrogen (secondary N) is 2. The molecule has 34 heavy (non-hydrogen) atoms. The molecule has 2 N–H and O–H groups in total. The standard InChI is InChI=1S/C26H33N5O3/c1-20-8-6-7-11-22(20)18-29-14-16-30(17-15-29)19-23(32)28-31-24(33)26(2,27-25(31)34)13-12-21-9-4-3-5-10-21/h3-11H,12-19H2,1-2H3,(H,27,34)(H,28,32)/t26-/m1/s1. The Labute approximate surface area is 200 Å². The van der Waals surface area contributed by atoms with Crippen molar-refractivity contribution in [1.82, 2.24) is 25.6 Å². The highest BCUT2D eigenvalue weighted by molar-refractivity contribution is 6.07. The molecular weight excluding hydrogens is 430 g/mol. The van der Waals surface area contributed by atoms with Crippen LogP contribution in [0.25, 0.3) is 0 Å². The lowest BCUT2D eigenvalue weighted by molar-refractivity contribution is -0.139. The first-order valence-electron chi connectivity index (χ1n) is 11.8. The number of benzene rings is 2. The summed E-state index contributed by atoms with van der Waals surface area (Å²) >= 11 is 0. The number of imide groups is 1. The van der Waals surface area contributed by atoms with Gasteiger partial charge in [0.05, 0.1) is 6.54 Å². The van der Waals surface area contributed by atoms with E-state index in [4.69, 9.17) is 0 Å². The predicted octanol–water partition coefficient (Wildman–Crippen LogP) is 2.09. The Morgan fingerprint density at radius 3 is 2.32 bits per heavy atom. The molecule has 0 saturated carbocycles. The fourth-order valence-electron chi connectivity index (χ4n) is 4.49. The van der Waals surface area contributed by atoms with Crippen molar-refractivity contribution in [2.24, 2.45) is 0 Å². The van der Waals surface area contributed by atoms with Crippen molar-refractivity contribution in [1.29, 1.82) is 0 Å². The molecule has 2 aromatic rings. The maximum Gasteiger partial charge on any atom is 0.344 e. The molecule has 0 bridgehead atoms. The third kappa shape index (κ3) is 5.63. The molecule has 0 aromatic heterocycles. The smallest absolute Gasteiger partial charge is 0.322 e. The van der Waals surface area contributed by atoms with Crippen LogP contribution >= 0.6 is 0 Å². The zero-order chi connectivity index (χ0) is 24.1. The van der Waals surface area contributed by atoms with E-state index in [0.717, 1.165) is 43.3 Å². The molecule has 4 rings (SSSR count). The molecule has 0 spiro atoms. The molecule has 0 radical (unpaired) electrons. The Balaban J connectivity index is 1.24. The van der Waals surface area contributed by atoms with E-state index in [1.807, 2.05) is 36.4 Å². The summed E-state index contributed by atoms with van der Waals surface area (Å²) in [4.78, 5) is 42.4. The van der Waals surface area contributed by atoms with Crippen LogP contribution in [0.4, 0.5) is 4.79 Å². The van der Waals surface area contributed by atoms with E-state index >= 15 is 0 Å². The molecule has 4 amide bonds. The fraction of sp³-hybridized carbons (Fsp3) is 0.423. The summed E-state index contributed by atoms with van der Waals surface area (Å²) in [5.74, 6) is -0.784. The predicted molar refractivity (Wildman–Crippen MR) is 130 cm³/mol. The van der Waals surface area contributed by atoms with Gasteiger partial charge in [-0.15, -0.1) is 0 Å². The summed E-state index contributed by atoms with van der Waals surface area (Å²) in [5.41, 5.74) is 5.17. The van der Waals surface area contributed by atoms with Gasteiger partial charge in [0.1, 0.15) is 5.54 Å². The number of hydrogen-bond acceptors (Lipinski definition) is 5. The largest absolute Gasteiger partial charge is 0.344 e. The molecule has 0 unspecified atom stereocenters. The minimum Gasteiger partial charge on any atom is -0.322 e. The Kier molecular flexibility index (Phi) is 7.29. The van der Waals surface area contributed by atoms with Crippen LogP contribution in [-0.4, -0.2) is 70.9 Å². The number of rotatable bonds is 8. The second-order valence-electron chi connectivity index (χ2n) is 9.40. The van der Waals surface area contributed by atoms with Gasteiger partial charge in [-0.3, -0.25) is 24.8 Å². The van der Waals surface area contributed by atoms with Gasteiger partial charge in [0.25, 0.3) is 11.8 Å². The number of carbonyl (C=O) groups is 3. The van der Waals surface area contributed by atoms with Gasteiger partial charge in [-0.2, -0.15) is 5.01 Å². The minimum atomic E-state index is -1.04. The Morgan fingerprint density at radius 1 is 0.971 bits per heavy atom. The third-order valence-corrected chi connectivity index (χ3v) is 6.74. The lowest BCUT2D eigenvalue weighted by Gasteiger charge is -2.34. The maximum atomic E-state index is 12.9. The van der Waals surface area contributed by atoms with Gasteiger partial charge < -0.3 is 5.32 Å². The van der Waals surface area contributed by atoms with Crippen molar-refractivity contribution in [3.63, 3.8) is 0 Å². The van der Waals surface area contributed by atoms with E-state index in [-0.39, 0.29) is 12.5 Å².